The van der Waals surface area contributed by atoms with Crippen LogP contribution in [0.5, 0.6) is 0 Å². The van der Waals surface area contributed by atoms with Crippen molar-refractivity contribution >= 4 is 22.4 Å². The third-order valence-corrected chi connectivity index (χ3v) is 3.10. The number of hydrogen-bond acceptors (Lipinski definition) is 4. The maximum atomic E-state index is 13.3. The fourth-order valence-electron chi connectivity index (χ4n) is 1.46. The number of amides is 1. The van der Waals surface area contributed by atoms with Crippen LogP contribution >= 0.6 is 11.3 Å². The van der Waals surface area contributed by atoms with E-state index in [1.165, 1.54) is 23.6 Å². The van der Waals surface area contributed by atoms with Crippen molar-refractivity contribution in [1.29, 1.82) is 0 Å². The second-order valence-corrected chi connectivity index (χ2v) is 4.56. The average molecular weight is 265 g/mol. The molecule has 4 nitrogen and oxygen atoms in total. The van der Waals surface area contributed by atoms with E-state index in [2.05, 4.69) is 22.2 Å². The number of nitrogens with one attached hydrogen (secondary N) is 1. The number of halogens is 1. The van der Waals surface area contributed by atoms with E-state index in [9.17, 15) is 9.18 Å². The Kier molecular flexibility index (Phi) is 3.99. The van der Waals surface area contributed by atoms with Gasteiger partial charge < -0.3 is 0 Å². The van der Waals surface area contributed by atoms with Crippen LogP contribution in [-0.4, -0.2) is 15.9 Å². The van der Waals surface area contributed by atoms with Gasteiger partial charge in [-0.25, -0.2) is 9.37 Å². The van der Waals surface area contributed by atoms with Crippen LogP contribution in [-0.2, 0) is 6.42 Å². The minimum atomic E-state index is -0.639. The standard InChI is InChI=1S/C12H12FN3OS/c1-2-3-8-7-18-12(15-8)16-11(17)9-4-5-14-6-10(9)13/h4-7H,2-3H2,1H3,(H,15,16,17). The predicted molar refractivity (Wildman–Crippen MR) is 68.3 cm³/mol. The van der Waals surface area contributed by atoms with Crippen LogP contribution < -0.4 is 5.32 Å². The second-order valence-electron chi connectivity index (χ2n) is 3.70. The first-order valence-corrected chi connectivity index (χ1v) is 6.44. The zero-order valence-corrected chi connectivity index (χ0v) is 10.6. The SMILES string of the molecule is CCCc1csc(NC(=O)c2ccncc2F)n1. The lowest BCUT2D eigenvalue weighted by molar-refractivity contribution is 0.102. The molecular formula is C12H12FN3OS. The zero-order chi connectivity index (χ0) is 13.0. The molecule has 0 spiro atoms. The van der Waals surface area contributed by atoms with E-state index < -0.39 is 11.7 Å². The van der Waals surface area contributed by atoms with E-state index in [0.717, 1.165) is 24.7 Å². The Bertz CT molecular complexity index is 556. The van der Waals surface area contributed by atoms with Crippen molar-refractivity contribution in [2.24, 2.45) is 0 Å². The number of hydrogen-bond donors (Lipinski definition) is 1. The van der Waals surface area contributed by atoms with Gasteiger partial charge in [0.05, 0.1) is 17.5 Å². The molecule has 2 aromatic heterocycles. The third kappa shape index (κ3) is 2.89. The molecule has 0 aliphatic rings. The molecule has 0 radical (unpaired) electrons. The topological polar surface area (TPSA) is 54.9 Å². The number of rotatable bonds is 4. The monoisotopic (exact) mass is 265 g/mol. The van der Waals surface area contributed by atoms with Crippen LogP contribution in [0.25, 0.3) is 0 Å². The molecule has 1 amide bonds. The van der Waals surface area contributed by atoms with Gasteiger partial charge in [-0.3, -0.25) is 15.1 Å². The zero-order valence-electron chi connectivity index (χ0n) is 9.81. The number of aryl methyl sites for hydroxylation is 1. The van der Waals surface area contributed by atoms with Crippen LogP contribution in [0, 0.1) is 5.82 Å². The molecule has 2 heterocycles. The van der Waals surface area contributed by atoms with Crippen molar-refractivity contribution in [2.75, 3.05) is 5.32 Å². The first-order chi connectivity index (χ1) is 8.70. The van der Waals surface area contributed by atoms with Crippen LogP contribution in [0.3, 0.4) is 0 Å². The average Bonchev–Trinajstić information content (AvgIpc) is 2.77. The van der Waals surface area contributed by atoms with E-state index in [1.54, 1.807) is 0 Å². The highest BCUT2D eigenvalue weighted by atomic mass is 32.1. The summed E-state index contributed by atoms with van der Waals surface area (Å²) in [7, 11) is 0. The van der Waals surface area contributed by atoms with Crippen molar-refractivity contribution in [1.82, 2.24) is 9.97 Å². The van der Waals surface area contributed by atoms with Crippen molar-refractivity contribution in [3.05, 3.63) is 40.9 Å². The molecule has 94 valence electrons. The number of anilines is 1. The van der Waals surface area contributed by atoms with Crippen LogP contribution in [0.15, 0.2) is 23.8 Å². The van der Waals surface area contributed by atoms with Gasteiger partial charge in [0.1, 0.15) is 0 Å². The number of thiazole rings is 1. The molecule has 0 aromatic carbocycles. The fourth-order valence-corrected chi connectivity index (χ4v) is 2.20. The maximum Gasteiger partial charge on any atom is 0.260 e. The molecule has 0 atom stereocenters. The molecule has 0 bridgehead atoms. The van der Waals surface area contributed by atoms with E-state index in [-0.39, 0.29) is 5.56 Å². The summed E-state index contributed by atoms with van der Waals surface area (Å²) in [4.78, 5) is 19.6. The van der Waals surface area contributed by atoms with Gasteiger partial charge in [-0.05, 0) is 12.5 Å². The van der Waals surface area contributed by atoms with Gasteiger partial charge in [0.2, 0.25) is 0 Å². The van der Waals surface area contributed by atoms with Gasteiger partial charge in [-0.15, -0.1) is 11.3 Å². The fraction of sp³-hybridized carbons (Fsp3) is 0.250. The molecular weight excluding hydrogens is 253 g/mol. The van der Waals surface area contributed by atoms with Gasteiger partial charge >= 0.3 is 0 Å². The first kappa shape index (κ1) is 12.6. The van der Waals surface area contributed by atoms with Gasteiger partial charge in [0, 0.05) is 11.6 Å². The van der Waals surface area contributed by atoms with E-state index in [1.807, 2.05) is 5.38 Å². The summed E-state index contributed by atoms with van der Waals surface area (Å²) in [5, 5.41) is 4.96. The molecule has 6 heteroatoms. The molecule has 0 saturated carbocycles. The molecule has 0 fully saturated rings. The lowest BCUT2D eigenvalue weighted by atomic mass is 10.2. The van der Waals surface area contributed by atoms with Gasteiger partial charge in [0.25, 0.3) is 5.91 Å². The maximum absolute atomic E-state index is 13.3. The number of aromatic nitrogens is 2. The quantitative estimate of drug-likeness (QED) is 0.924. The highest BCUT2D eigenvalue weighted by Crippen LogP contribution is 2.17. The number of carbonyl (C=O) groups excluding carboxylic acids is 1. The highest BCUT2D eigenvalue weighted by Gasteiger charge is 2.13. The number of pyridine rings is 1. The van der Waals surface area contributed by atoms with E-state index >= 15 is 0 Å². The lowest BCUT2D eigenvalue weighted by Gasteiger charge is -2.01. The Balaban J connectivity index is 2.09. The molecule has 0 aliphatic carbocycles. The third-order valence-electron chi connectivity index (χ3n) is 2.30. The number of carbonyl (C=O) groups is 1. The summed E-state index contributed by atoms with van der Waals surface area (Å²) in [6, 6.07) is 1.34. The predicted octanol–water partition coefficient (Wildman–Crippen LogP) is 2.88. The van der Waals surface area contributed by atoms with Crippen molar-refractivity contribution in [3.8, 4) is 0 Å². The van der Waals surface area contributed by atoms with E-state index in [4.69, 9.17) is 0 Å². The number of nitrogens with zero attached hydrogens (tertiary/aromatic N) is 2. The summed E-state index contributed by atoms with van der Waals surface area (Å²) in [6.45, 7) is 2.06. The van der Waals surface area contributed by atoms with Crippen LogP contribution in [0.1, 0.15) is 29.4 Å². The molecule has 18 heavy (non-hydrogen) atoms. The molecule has 2 rings (SSSR count). The van der Waals surface area contributed by atoms with Crippen molar-refractivity contribution in [3.63, 3.8) is 0 Å². The minimum Gasteiger partial charge on any atom is -0.298 e. The largest absolute Gasteiger partial charge is 0.298 e. The highest BCUT2D eigenvalue weighted by molar-refractivity contribution is 7.13. The first-order valence-electron chi connectivity index (χ1n) is 5.56. The van der Waals surface area contributed by atoms with Crippen molar-refractivity contribution in [2.45, 2.75) is 19.8 Å². The minimum absolute atomic E-state index is 0.0303. The Labute approximate surface area is 108 Å². The van der Waals surface area contributed by atoms with E-state index in [0.29, 0.717) is 5.13 Å². The summed E-state index contributed by atoms with van der Waals surface area (Å²) in [5.41, 5.74) is 0.908. The van der Waals surface area contributed by atoms with Crippen molar-refractivity contribution < 1.29 is 9.18 Å². The molecule has 2 aromatic rings. The Morgan fingerprint density at radius 1 is 1.56 bits per heavy atom. The molecule has 1 N–H and O–H groups in total. The molecule has 0 unspecified atom stereocenters. The summed E-state index contributed by atoms with van der Waals surface area (Å²) < 4.78 is 13.3. The Morgan fingerprint density at radius 3 is 3.11 bits per heavy atom. The van der Waals surface area contributed by atoms with Crippen LogP contribution in [0.2, 0.25) is 0 Å². The molecule has 0 aliphatic heterocycles. The normalized spacial score (nSPS) is 10.3. The smallest absolute Gasteiger partial charge is 0.260 e. The second kappa shape index (κ2) is 5.68. The Hall–Kier alpha value is -1.82. The van der Waals surface area contributed by atoms with Crippen LogP contribution in [0.4, 0.5) is 9.52 Å². The van der Waals surface area contributed by atoms with Gasteiger partial charge in [-0.1, -0.05) is 13.3 Å². The summed E-state index contributed by atoms with van der Waals surface area (Å²) >= 11 is 1.34. The summed E-state index contributed by atoms with van der Waals surface area (Å²) in [6.07, 6.45) is 4.26. The lowest BCUT2D eigenvalue weighted by Crippen LogP contribution is -2.13. The Morgan fingerprint density at radius 2 is 2.39 bits per heavy atom. The van der Waals surface area contributed by atoms with Gasteiger partial charge in [-0.2, -0.15) is 0 Å². The van der Waals surface area contributed by atoms with Gasteiger partial charge in [0.15, 0.2) is 10.9 Å². The molecule has 0 saturated heterocycles. The summed E-state index contributed by atoms with van der Waals surface area (Å²) in [5.74, 6) is -1.15.